The first-order chi connectivity index (χ1) is 11.9. The van der Waals surface area contributed by atoms with Crippen molar-refractivity contribution in [2.24, 2.45) is 0 Å². The lowest BCUT2D eigenvalue weighted by Gasteiger charge is -2.21. The van der Waals surface area contributed by atoms with Crippen molar-refractivity contribution in [2.45, 2.75) is 26.3 Å². The van der Waals surface area contributed by atoms with E-state index in [4.69, 9.17) is 0 Å². The van der Waals surface area contributed by atoms with Gasteiger partial charge in [-0.15, -0.1) is 0 Å². The molecular formula is C19H20BrN5. The molecule has 0 unspecified atom stereocenters. The van der Waals surface area contributed by atoms with Gasteiger partial charge in [0.1, 0.15) is 5.82 Å². The summed E-state index contributed by atoms with van der Waals surface area (Å²) in [4.78, 5) is 13.6. The van der Waals surface area contributed by atoms with E-state index in [9.17, 15) is 0 Å². The standard InChI is InChI=1S/C19H20BrN5/c1-19(2,3)25-18-23-16(15-9-4-5-10-21-15)12-17(24-18)22-14-8-6-7-13(20)11-14/h4-12H,1-3H3,(H2,22,23,24,25). The van der Waals surface area contributed by atoms with Crippen LogP contribution in [0.25, 0.3) is 11.4 Å². The van der Waals surface area contributed by atoms with E-state index in [-0.39, 0.29) is 5.54 Å². The van der Waals surface area contributed by atoms with Crippen LogP contribution in [0.3, 0.4) is 0 Å². The van der Waals surface area contributed by atoms with Crippen molar-refractivity contribution in [3.63, 3.8) is 0 Å². The molecule has 0 bridgehead atoms. The van der Waals surface area contributed by atoms with Crippen molar-refractivity contribution in [3.8, 4) is 11.4 Å². The van der Waals surface area contributed by atoms with E-state index >= 15 is 0 Å². The summed E-state index contributed by atoms with van der Waals surface area (Å²) in [5, 5.41) is 6.66. The maximum absolute atomic E-state index is 4.61. The molecule has 0 amide bonds. The molecule has 2 aromatic heterocycles. The van der Waals surface area contributed by atoms with Crippen molar-refractivity contribution in [3.05, 3.63) is 59.2 Å². The summed E-state index contributed by atoms with van der Waals surface area (Å²) in [5.74, 6) is 1.27. The van der Waals surface area contributed by atoms with Crippen LogP contribution in [0.1, 0.15) is 20.8 Å². The topological polar surface area (TPSA) is 62.7 Å². The molecule has 0 saturated carbocycles. The Morgan fingerprint density at radius 3 is 2.44 bits per heavy atom. The molecule has 128 valence electrons. The molecule has 1 aromatic carbocycles. The molecule has 3 rings (SSSR count). The minimum atomic E-state index is -0.143. The Morgan fingerprint density at radius 1 is 0.920 bits per heavy atom. The third kappa shape index (κ3) is 5.00. The van der Waals surface area contributed by atoms with E-state index in [0.29, 0.717) is 11.8 Å². The number of hydrogen-bond acceptors (Lipinski definition) is 5. The van der Waals surface area contributed by atoms with Gasteiger partial charge in [0.05, 0.1) is 11.4 Å². The highest BCUT2D eigenvalue weighted by atomic mass is 79.9. The molecule has 0 aliphatic rings. The summed E-state index contributed by atoms with van der Waals surface area (Å²) in [6, 6.07) is 15.6. The van der Waals surface area contributed by atoms with Crippen molar-refractivity contribution in [1.29, 1.82) is 0 Å². The highest BCUT2D eigenvalue weighted by Crippen LogP contribution is 2.24. The maximum Gasteiger partial charge on any atom is 0.225 e. The molecule has 0 radical (unpaired) electrons. The Hall–Kier alpha value is -2.47. The fourth-order valence-corrected chi connectivity index (χ4v) is 2.66. The van der Waals surface area contributed by atoms with Gasteiger partial charge in [-0.3, -0.25) is 4.98 Å². The van der Waals surface area contributed by atoms with Gasteiger partial charge in [0.15, 0.2) is 0 Å². The van der Waals surface area contributed by atoms with E-state index in [0.717, 1.165) is 21.5 Å². The Morgan fingerprint density at radius 2 is 1.76 bits per heavy atom. The van der Waals surface area contributed by atoms with Crippen LogP contribution in [-0.2, 0) is 0 Å². The van der Waals surface area contributed by atoms with Gasteiger partial charge in [-0.1, -0.05) is 28.1 Å². The number of rotatable bonds is 4. The number of anilines is 3. The van der Waals surface area contributed by atoms with Crippen LogP contribution in [0.4, 0.5) is 17.5 Å². The van der Waals surface area contributed by atoms with E-state index in [1.807, 2.05) is 48.5 Å². The second kappa shape index (κ2) is 7.19. The Labute approximate surface area is 156 Å². The van der Waals surface area contributed by atoms with E-state index in [2.05, 4.69) is 62.3 Å². The molecule has 25 heavy (non-hydrogen) atoms. The highest BCUT2D eigenvalue weighted by molar-refractivity contribution is 9.10. The minimum absolute atomic E-state index is 0.143. The highest BCUT2D eigenvalue weighted by Gasteiger charge is 2.14. The van der Waals surface area contributed by atoms with Gasteiger partial charge in [-0.25, -0.2) is 4.98 Å². The summed E-state index contributed by atoms with van der Waals surface area (Å²) in [5.41, 5.74) is 2.37. The van der Waals surface area contributed by atoms with Gasteiger partial charge >= 0.3 is 0 Å². The second-order valence-corrected chi connectivity index (χ2v) is 7.60. The average molecular weight is 398 g/mol. The predicted octanol–water partition coefficient (Wildman–Crippen LogP) is 5.26. The van der Waals surface area contributed by atoms with Crippen molar-refractivity contribution >= 4 is 33.4 Å². The summed E-state index contributed by atoms with van der Waals surface area (Å²) in [6.45, 7) is 6.22. The normalized spacial score (nSPS) is 11.2. The van der Waals surface area contributed by atoms with Gasteiger partial charge in [0.25, 0.3) is 0 Å². The number of benzene rings is 1. The van der Waals surface area contributed by atoms with Crippen LogP contribution in [0.2, 0.25) is 0 Å². The van der Waals surface area contributed by atoms with Crippen LogP contribution in [0.15, 0.2) is 59.2 Å². The number of halogens is 1. The molecule has 0 saturated heterocycles. The zero-order valence-corrected chi connectivity index (χ0v) is 16.0. The lowest BCUT2D eigenvalue weighted by Crippen LogP contribution is -2.27. The van der Waals surface area contributed by atoms with E-state index in [1.54, 1.807) is 6.20 Å². The number of nitrogens with zero attached hydrogens (tertiary/aromatic N) is 3. The van der Waals surface area contributed by atoms with Gasteiger partial charge in [0.2, 0.25) is 5.95 Å². The van der Waals surface area contributed by atoms with Gasteiger partial charge in [-0.2, -0.15) is 4.98 Å². The molecule has 0 aliphatic carbocycles. The van der Waals surface area contributed by atoms with Crippen LogP contribution in [0.5, 0.6) is 0 Å². The van der Waals surface area contributed by atoms with Crippen molar-refractivity contribution in [1.82, 2.24) is 15.0 Å². The predicted molar refractivity (Wildman–Crippen MR) is 106 cm³/mol. The Bertz CT molecular complexity index is 859. The zero-order chi connectivity index (χ0) is 17.9. The summed E-state index contributed by atoms with van der Waals surface area (Å²) < 4.78 is 1.00. The summed E-state index contributed by atoms with van der Waals surface area (Å²) in [6.07, 6.45) is 1.76. The molecule has 3 aromatic rings. The minimum Gasteiger partial charge on any atom is -0.350 e. The second-order valence-electron chi connectivity index (χ2n) is 6.69. The zero-order valence-electron chi connectivity index (χ0n) is 14.4. The monoisotopic (exact) mass is 397 g/mol. The first-order valence-corrected chi connectivity index (χ1v) is 8.80. The Kier molecular flexibility index (Phi) is 4.99. The molecule has 6 heteroatoms. The quantitative estimate of drug-likeness (QED) is 0.628. The van der Waals surface area contributed by atoms with Gasteiger partial charge in [-0.05, 0) is 51.1 Å². The molecule has 0 spiro atoms. The molecule has 0 fully saturated rings. The van der Waals surface area contributed by atoms with Gasteiger partial charge < -0.3 is 10.6 Å². The average Bonchev–Trinajstić information content (AvgIpc) is 2.54. The fourth-order valence-electron chi connectivity index (χ4n) is 2.26. The fraction of sp³-hybridized carbons (Fsp3) is 0.211. The number of hydrogen-bond donors (Lipinski definition) is 2. The lowest BCUT2D eigenvalue weighted by atomic mass is 10.1. The maximum atomic E-state index is 4.61. The first kappa shape index (κ1) is 17.4. The summed E-state index contributed by atoms with van der Waals surface area (Å²) >= 11 is 3.49. The number of aromatic nitrogens is 3. The van der Waals surface area contributed by atoms with Gasteiger partial charge in [0, 0.05) is 28.0 Å². The molecule has 0 atom stereocenters. The summed E-state index contributed by atoms with van der Waals surface area (Å²) in [7, 11) is 0. The first-order valence-electron chi connectivity index (χ1n) is 8.00. The number of nitrogens with one attached hydrogen (secondary N) is 2. The number of pyridine rings is 1. The van der Waals surface area contributed by atoms with Crippen LogP contribution in [-0.4, -0.2) is 20.5 Å². The van der Waals surface area contributed by atoms with Crippen molar-refractivity contribution < 1.29 is 0 Å². The van der Waals surface area contributed by atoms with E-state index < -0.39 is 0 Å². The smallest absolute Gasteiger partial charge is 0.225 e. The van der Waals surface area contributed by atoms with Crippen LogP contribution in [0, 0.1) is 0 Å². The molecular weight excluding hydrogens is 378 g/mol. The lowest BCUT2D eigenvalue weighted by molar-refractivity contribution is 0.626. The molecule has 2 N–H and O–H groups in total. The van der Waals surface area contributed by atoms with E-state index in [1.165, 1.54) is 0 Å². The van der Waals surface area contributed by atoms with Crippen LogP contribution < -0.4 is 10.6 Å². The molecule has 0 aliphatic heterocycles. The molecule has 2 heterocycles. The SMILES string of the molecule is CC(C)(C)Nc1nc(Nc2cccc(Br)c2)cc(-c2ccccn2)n1. The third-order valence-corrected chi connectivity index (χ3v) is 3.73. The van der Waals surface area contributed by atoms with Crippen molar-refractivity contribution in [2.75, 3.05) is 10.6 Å². The van der Waals surface area contributed by atoms with Crippen LogP contribution >= 0.6 is 15.9 Å². The third-order valence-electron chi connectivity index (χ3n) is 3.24. The largest absolute Gasteiger partial charge is 0.350 e. The Balaban J connectivity index is 2.00. The molecule has 5 nitrogen and oxygen atoms in total.